The molecule has 3 nitrogen and oxygen atoms in total. The number of halogens is 1. The Hall–Kier alpha value is -0.580. The van der Waals surface area contributed by atoms with Crippen LogP contribution in [0, 0.1) is 0 Å². The lowest BCUT2D eigenvalue weighted by atomic mass is 10.2. The van der Waals surface area contributed by atoms with E-state index >= 15 is 0 Å². The predicted molar refractivity (Wildman–Crippen MR) is 82.7 cm³/mol. The molecule has 0 bridgehead atoms. The van der Waals surface area contributed by atoms with E-state index in [9.17, 15) is 0 Å². The Balaban J connectivity index is 1.77. The minimum Gasteiger partial charge on any atom is -0.492 e. The largest absolute Gasteiger partial charge is 0.492 e. The third-order valence-electron chi connectivity index (χ3n) is 3.18. The van der Waals surface area contributed by atoms with Gasteiger partial charge in [-0.1, -0.05) is 6.07 Å². The molecule has 1 aromatic rings. The van der Waals surface area contributed by atoms with Gasteiger partial charge in [-0.2, -0.15) is 0 Å². The molecule has 0 unspecified atom stereocenters. The third-order valence-corrected chi connectivity index (χ3v) is 3.80. The average molecular weight is 327 g/mol. The number of nitrogens with one attached hydrogen (secondary N) is 1. The van der Waals surface area contributed by atoms with E-state index in [1.165, 1.54) is 18.4 Å². The van der Waals surface area contributed by atoms with Crippen molar-refractivity contribution in [3.63, 3.8) is 0 Å². The molecule has 0 atom stereocenters. The molecule has 1 N–H and O–H groups in total. The van der Waals surface area contributed by atoms with Crippen LogP contribution in [0.4, 0.5) is 0 Å². The zero-order valence-corrected chi connectivity index (χ0v) is 13.4. The number of hydrogen-bond acceptors (Lipinski definition) is 3. The minimum absolute atomic E-state index is 0.751. The van der Waals surface area contributed by atoms with E-state index in [1.54, 1.807) is 0 Å². The summed E-state index contributed by atoms with van der Waals surface area (Å²) >= 11 is 3.59. The fourth-order valence-electron chi connectivity index (χ4n) is 1.88. The zero-order chi connectivity index (χ0) is 13.7. The van der Waals surface area contributed by atoms with Crippen LogP contribution in [-0.4, -0.2) is 38.2 Å². The average Bonchev–Trinajstić information content (AvgIpc) is 3.17. The highest BCUT2D eigenvalue weighted by Crippen LogP contribution is 2.27. The van der Waals surface area contributed by atoms with Crippen LogP contribution in [0.25, 0.3) is 0 Å². The molecule has 1 aromatic carbocycles. The maximum absolute atomic E-state index is 5.79. The van der Waals surface area contributed by atoms with Gasteiger partial charge < -0.3 is 15.0 Å². The van der Waals surface area contributed by atoms with Crippen LogP contribution in [0.2, 0.25) is 0 Å². The highest BCUT2D eigenvalue weighted by Gasteiger charge is 2.19. The number of nitrogens with zero attached hydrogens (tertiary/aromatic N) is 1. The molecule has 1 fully saturated rings. The highest BCUT2D eigenvalue weighted by molar-refractivity contribution is 9.10. The number of rotatable bonds is 8. The molecule has 19 heavy (non-hydrogen) atoms. The van der Waals surface area contributed by atoms with Gasteiger partial charge in [-0.25, -0.2) is 0 Å². The van der Waals surface area contributed by atoms with Gasteiger partial charge in [0.25, 0.3) is 0 Å². The topological polar surface area (TPSA) is 24.5 Å². The first-order valence-corrected chi connectivity index (χ1v) is 7.74. The van der Waals surface area contributed by atoms with E-state index in [0.29, 0.717) is 0 Å². The summed E-state index contributed by atoms with van der Waals surface area (Å²) in [5, 5.41) is 3.52. The fourth-order valence-corrected chi connectivity index (χ4v) is 2.42. The zero-order valence-electron chi connectivity index (χ0n) is 11.8. The lowest BCUT2D eigenvalue weighted by Gasteiger charge is -2.12. The smallest absolute Gasteiger partial charge is 0.133 e. The molecule has 0 heterocycles. The van der Waals surface area contributed by atoms with Crippen molar-refractivity contribution in [3.05, 3.63) is 28.2 Å². The molecule has 0 amide bonds. The first kappa shape index (κ1) is 14.8. The SMILES string of the molecule is CN(C)CCCOc1ccc(CNC2CC2)cc1Br. The van der Waals surface area contributed by atoms with E-state index in [4.69, 9.17) is 4.74 Å². The summed E-state index contributed by atoms with van der Waals surface area (Å²) in [6.45, 7) is 2.77. The summed E-state index contributed by atoms with van der Waals surface area (Å²) in [4.78, 5) is 2.17. The minimum atomic E-state index is 0.751. The Bertz CT molecular complexity index is 405. The van der Waals surface area contributed by atoms with Crippen LogP contribution in [-0.2, 0) is 6.54 Å². The van der Waals surface area contributed by atoms with Crippen LogP contribution in [0.1, 0.15) is 24.8 Å². The van der Waals surface area contributed by atoms with Crippen molar-refractivity contribution in [2.75, 3.05) is 27.2 Å². The van der Waals surface area contributed by atoms with Gasteiger partial charge in [0.05, 0.1) is 11.1 Å². The van der Waals surface area contributed by atoms with Gasteiger partial charge in [0.15, 0.2) is 0 Å². The second-order valence-electron chi connectivity index (χ2n) is 5.43. The van der Waals surface area contributed by atoms with Gasteiger partial charge in [-0.15, -0.1) is 0 Å². The van der Waals surface area contributed by atoms with Crippen molar-refractivity contribution in [3.8, 4) is 5.75 Å². The molecule has 2 rings (SSSR count). The van der Waals surface area contributed by atoms with Crippen molar-refractivity contribution in [2.45, 2.75) is 31.8 Å². The predicted octanol–water partition coefficient (Wildman–Crippen LogP) is 3.03. The van der Waals surface area contributed by atoms with Crippen molar-refractivity contribution < 1.29 is 4.74 Å². The second kappa shape index (κ2) is 7.27. The van der Waals surface area contributed by atoms with Crippen molar-refractivity contribution in [1.29, 1.82) is 0 Å². The molecule has 1 aliphatic rings. The van der Waals surface area contributed by atoms with E-state index in [-0.39, 0.29) is 0 Å². The Morgan fingerprint density at radius 2 is 2.16 bits per heavy atom. The van der Waals surface area contributed by atoms with Crippen LogP contribution in [0.3, 0.4) is 0 Å². The first-order chi connectivity index (χ1) is 9.15. The van der Waals surface area contributed by atoms with E-state index < -0.39 is 0 Å². The Morgan fingerprint density at radius 3 is 2.79 bits per heavy atom. The van der Waals surface area contributed by atoms with Gasteiger partial charge >= 0.3 is 0 Å². The highest BCUT2D eigenvalue weighted by atomic mass is 79.9. The molecule has 4 heteroatoms. The summed E-state index contributed by atoms with van der Waals surface area (Å²) < 4.78 is 6.83. The van der Waals surface area contributed by atoms with Crippen LogP contribution >= 0.6 is 15.9 Å². The Morgan fingerprint density at radius 1 is 1.37 bits per heavy atom. The summed E-state index contributed by atoms with van der Waals surface area (Å²) in [7, 11) is 4.16. The summed E-state index contributed by atoms with van der Waals surface area (Å²) in [6, 6.07) is 7.10. The second-order valence-corrected chi connectivity index (χ2v) is 6.28. The van der Waals surface area contributed by atoms with Crippen molar-refractivity contribution >= 4 is 15.9 Å². The van der Waals surface area contributed by atoms with Gasteiger partial charge in [0.2, 0.25) is 0 Å². The summed E-state index contributed by atoms with van der Waals surface area (Å²) in [6.07, 6.45) is 3.70. The van der Waals surface area contributed by atoms with E-state index in [2.05, 4.69) is 58.4 Å². The number of ether oxygens (including phenoxy) is 1. The third kappa shape index (κ3) is 5.51. The number of hydrogen-bond donors (Lipinski definition) is 1. The molecule has 0 aliphatic heterocycles. The molecule has 106 valence electrons. The van der Waals surface area contributed by atoms with Gasteiger partial charge in [0.1, 0.15) is 5.75 Å². The van der Waals surface area contributed by atoms with Crippen molar-refractivity contribution in [2.24, 2.45) is 0 Å². The van der Waals surface area contributed by atoms with E-state index in [0.717, 1.165) is 42.4 Å². The normalized spacial score (nSPS) is 14.9. The molecule has 0 saturated heterocycles. The van der Waals surface area contributed by atoms with Crippen LogP contribution in [0.15, 0.2) is 22.7 Å². The molecule has 1 saturated carbocycles. The number of benzene rings is 1. The summed E-state index contributed by atoms with van der Waals surface area (Å²) in [5.74, 6) is 0.939. The molecular weight excluding hydrogens is 304 g/mol. The van der Waals surface area contributed by atoms with Gasteiger partial charge in [-0.05, 0) is 67.0 Å². The van der Waals surface area contributed by atoms with Gasteiger partial charge in [0, 0.05) is 19.1 Å². The van der Waals surface area contributed by atoms with Crippen molar-refractivity contribution in [1.82, 2.24) is 10.2 Å². The molecule has 1 aliphatic carbocycles. The first-order valence-electron chi connectivity index (χ1n) is 6.94. The standard InChI is InChI=1S/C15H23BrN2O/c1-18(2)8-3-9-19-15-7-4-12(10-14(15)16)11-17-13-5-6-13/h4,7,10,13,17H,3,5-6,8-9,11H2,1-2H3. The summed E-state index contributed by atoms with van der Waals surface area (Å²) in [5.41, 5.74) is 1.31. The van der Waals surface area contributed by atoms with Crippen LogP contribution in [0.5, 0.6) is 5.75 Å². The lowest BCUT2D eigenvalue weighted by Crippen LogP contribution is -2.16. The van der Waals surface area contributed by atoms with Crippen LogP contribution < -0.4 is 10.1 Å². The lowest BCUT2D eigenvalue weighted by molar-refractivity contribution is 0.280. The molecular formula is C15H23BrN2O. The van der Waals surface area contributed by atoms with Gasteiger partial charge in [-0.3, -0.25) is 0 Å². The molecule has 0 spiro atoms. The molecule has 0 radical (unpaired) electrons. The fraction of sp³-hybridized carbons (Fsp3) is 0.600. The van der Waals surface area contributed by atoms with E-state index in [1.807, 2.05) is 0 Å². The Labute approximate surface area is 124 Å². The Kier molecular flexibility index (Phi) is 5.67. The monoisotopic (exact) mass is 326 g/mol. The quantitative estimate of drug-likeness (QED) is 0.743. The molecule has 0 aromatic heterocycles. The maximum Gasteiger partial charge on any atom is 0.133 e. The maximum atomic E-state index is 5.79.